The van der Waals surface area contributed by atoms with E-state index in [-0.39, 0.29) is 5.69 Å². The summed E-state index contributed by atoms with van der Waals surface area (Å²) in [5.41, 5.74) is 2.73. The summed E-state index contributed by atoms with van der Waals surface area (Å²) in [5.74, 6) is -2.03. The SMILES string of the molecule is Nc1c(S(=O)(=O)O)cc2cc(S(=O)(=O)O)cc(O)c2c1N=Nc1ccc(Nc2nc(Cl)nc(Nc3cc(S(=O)(=O)O)ccc3S(=O)(=O)O)n2)cc1S(=O)(=O)O. The van der Waals surface area contributed by atoms with E-state index in [1.807, 2.05) is 0 Å². The Morgan fingerprint density at radius 1 is 0.600 bits per heavy atom. The van der Waals surface area contributed by atoms with E-state index in [4.69, 9.17) is 17.3 Å². The van der Waals surface area contributed by atoms with Gasteiger partial charge in [0.1, 0.15) is 31.8 Å². The third-order valence-corrected chi connectivity index (χ3v) is 11.4. The standard InChI is InChI=1S/C25H19ClN8O16S5/c26-23-30-24(32-25(31-23)29-15-8-12(51(36,37)38)2-4-17(15)53(42,43)44)28-11-1-3-14(18(7-11)54(45,46)47)33-34-22-20-10(6-19(21(22)27)55(48,49)50)5-13(9-16(20)35)52(39,40)41/h1-9,35H,27H2,(H,36,37,38)(H,39,40,41)(H,42,43,44)(H,45,46,47)(H,48,49,50)(H2,28,29,30,31,32). The lowest BCUT2D eigenvalue weighted by Gasteiger charge is -2.13. The maximum Gasteiger partial charge on any atom is 0.296 e. The molecule has 0 unspecified atom stereocenters. The molecule has 292 valence electrons. The topological polar surface area (TPSA) is 406 Å². The summed E-state index contributed by atoms with van der Waals surface area (Å²) in [6, 6.07) is 6.57. The lowest BCUT2D eigenvalue weighted by Crippen LogP contribution is -2.09. The number of hydrogen-bond acceptors (Lipinski definition) is 19. The molecule has 5 aromatic rings. The van der Waals surface area contributed by atoms with Gasteiger partial charge < -0.3 is 21.5 Å². The summed E-state index contributed by atoms with van der Waals surface area (Å²) >= 11 is 5.95. The van der Waals surface area contributed by atoms with Crippen LogP contribution in [0.3, 0.4) is 0 Å². The van der Waals surface area contributed by atoms with E-state index in [0.717, 1.165) is 18.2 Å². The van der Waals surface area contributed by atoms with Gasteiger partial charge in [-0.05, 0) is 65.5 Å². The highest BCUT2D eigenvalue weighted by Crippen LogP contribution is 2.44. The van der Waals surface area contributed by atoms with E-state index in [1.54, 1.807) is 0 Å². The second-order valence-corrected chi connectivity index (χ2v) is 17.9. The molecule has 24 nitrogen and oxygen atoms in total. The molecule has 55 heavy (non-hydrogen) atoms. The zero-order chi connectivity index (χ0) is 41.1. The van der Waals surface area contributed by atoms with Crippen molar-refractivity contribution in [3.05, 3.63) is 59.9 Å². The monoisotopic (exact) mass is 882 g/mol. The summed E-state index contributed by atoms with van der Waals surface area (Å²) in [7, 11) is -25.2. The second-order valence-electron chi connectivity index (χ2n) is 10.6. The van der Waals surface area contributed by atoms with Gasteiger partial charge >= 0.3 is 0 Å². The molecular weight excluding hydrogens is 864 g/mol. The Morgan fingerprint density at radius 2 is 1.18 bits per heavy atom. The van der Waals surface area contributed by atoms with Crippen LogP contribution < -0.4 is 16.4 Å². The van der Waals surface area contributed by atoms with Crippen LogP contribution in [0.4, 0.5) is 40.3 Å². The van der Waals surface area contributed by atoms with Crippen molar-refractivity contribution < 1.29 is 70.0 Å². The number of nitrogens with one attached hydrogen (secondary N) is 2. The molecule has 0 saturated heterocycles. The number of aromatic hydroxyl groups is 1. The van der Waals surface area contributed by atoms with Gasteiger partial charge in [-0.1, -0.05) is 0 Å². The Bertz CT molecular complexity index is 3060. The number of anilines is 5. The van der Waals surface area contributed by atoms with Gasteiger partial charge in [-0.2, -0.15) is 57.0 Å². The zero-order valence-corrected chi connectivity index (χ0v) is 31.0. The highest BCUT2D eigenvalue weighted by molar-refractivity contribution is 7.87. The number of hydrogen-bond donors (Lipinski definition) is 9. The zero-order valence-electron chi connectivity index (χ0n) is 26.2. The third-order valence-electron chi connectivity index (χ3n) is 6.87. The molecule has 1 aromatic heterocycles. The van der Waals surface area contributed by atoms with Gasteiger partial charge in [0.05, 0.1) is 26.6 Å². The van der Waals surface area contributed by atoms with Crippen molar-refractivity contribution in [1.82, 2.24) is 15.0 Å². The van der Waals surface area contributed by atoms with E-state index in [9.17, 15) is 70.0 Å². The number of phenols is 1. The Kier molecular flexibility index (Phi) is 10.5. The first-order valence-electron chi connectivity index (χ1n) is 13.7. The smallest absolute Gasteiger partial charge is 0.296 e. The van der Waals surface area contributed by atoms with Crippen molar-refractivity contribution in [1.29, 1.82) is 0 Å². The highest BCUT2D eigenvalue weighted by atomic mass is 35.5. The minimum atomic E-state index is -5.21. The fraction of sp³-hybridized carbons (Fsp3) is 0. The lowest BCUT2D eigenvalue weighted by molar-refractivity contribution is 0.471. The van der Waals surface area contributed by atoms with E-state index in [2.05, 4.69) is 35.8 Å². The predicted molar refractivity (Wildman–Crippen MR) is 188 cm³/mol. The van der Waals surface area contributed by atoms with Crippen LogP contribution in [0, 0.1) is 0 Å². The maximum atomic E-state index is 12.4. The molecular formula is C25H19ClN8O16S5. The van der Waals surface area contributed by atoms with Crippen molar-refractivity contribution in [3.8, 4) is 5.75 Å². The molecule has 0 radical (unpaired) electrons. The minimum Gasteiger partial charge on any atom is -0.507 e. The first-order valence-corrected chi connectivity index (χ1v) is 21.3. The Hall–Kier alpha value is -5.21. The molecule has 0 aliphatic carbocycles. The lowest BCUT2D eigenvalue weighted by atomic mass is 10.1. The highest BCUT2D eigenvalue weighted by Gasteiger charge is 2.25. The Labute approximate surface area is 313 Å². The van der Waals surface area contributed by atoms with Gasteiger partial charge in [0.2, 0.25) is 17.2 Å². The summed E-state index contributed by atoms with van der Waals surface area (Å²) in [6.07, 6.45) is 0. The molecule has 10 N–H and O–H groups in total. The predicted octanol–water partition coefficient (Wildman–Crippen LogP) is 3.10. The Morgan fingerprint density at radius 3 is 1.75 bits per heavy atom. The van der Waals surface area contributed by atoms with E-state index >= 15 is 0 Å². The first kappa shape index (κ1) is 41.0. The van der Waals surface area contributed by atoms with Gasteiger partial charge in [0, 0.05) is 11.8 Å². The average Bonchev–Trinajstić information content (AvgIpc) is 3.02. The van der Waals surface area contributed by atoms with Crippen LogP contribution in [0.2, 0.25) is 5.28 Å². The van der Waals surface area contributed by atoms with Crippen LogP contribution >= 0.6 is 11.6 Å². The molecule has 0 saturated carbocycles. The number of fused-ring (bicyclic) bond motifs is 1. The molecule has 30 heteroatoms. The quantitative estimate of drug-likeness (QED) is 0.0522. The van der Waals surface area contributed by atoms with Crippen LogP contribution in [0.25, 0.3) is 10.8 Å². The summed E-state index contributed by atoms with van der Waals surface area (Å²) in [4.78, 5) is 6.71. The van der Waals surface area contributed by atoms with Crippen molar-refractivity contribution >= 4 is 113 Å². The van der Waals surface area contributed by atoms with E-state index in [1.165, 1.54) is 0 Å². The molecule has 0 aliphatic heterocycles. The first-order chi connectivity index (χ1) is 25.1. The fourth-order valence-corrected chi connectivity index (χ4v) is 7.75. The number of rotatable bonds is 11. The van der Waals surface area contributed by atoms with Crippen molar-refractivity contribution in [2.24, 2.45) is 10.2 Å². The summed E-state index contributed by atoms with van der Waals surface area (Å²) in [5, 5.41) is 21.3. The number of phenolic OH excluding ortho intramolecular Hbond substituents is 1. The second kappa shape index (κ2) is 14.1. The normalized spacial score (nSPS) is 13.0. The molecule has 0 fully saturated rings. The Balaban J connectivity index is 1.57. The number of azo groups is 1. The number of halogens is 1. The fourth-order valence-electron chi connectivity index (χ4n) is 4.62. The van der Waals surface area contributed by atoms with Crippen LogP contribution in [0.1, 0.15) is 0 Å². The molecule has 0 spiro atoms. The maximum absolute atomic E-state index is 12.4. The molecule has 0 atom stereocenters. The molecule has 0 amide bonds. The van der Waals surface area contributed by atoms with Crippen LogP contribution in [0.15, 0.2) is 89.3 Å². The molecule has 4 aromatic carbocycles. The third kappa shape index (κ3) is 9.19. The summed E-state index contributed by atoms with van der Waals surface area (Å²) in [6.45, 7) is 0. The molecule has 0 bridgehead atoms. The van der Waals surface area contributed by atoms with Gasteiger partial charge in [-0.15, -0.1) is 10.2 Å². The molecule has 5 rings (SSSR count). The van der Waals surface area contributed by atoms with Gasteiger partial charge in [0.15, 0.2) is 0 Å². The van der Waals surface area contributed by atoms with Crippen molar-refractivity contribution in [3.63, 3.8) is 0 Å². The average molecular weight is 883 g/mol. The molecule has 0 aliphatic rings. The van der Waals surface area contributed by atoms with Gasteiger partial charge in [-0.25, -0.2) is 0 Å². The number of aromatic nitrogens is 3. The minimum absolute atomic E-state index is 0.236. The van der Waals surface area contributed by atoms with Crippen molar-refractivity contribution in [2.45, 2.75) is 24.5 Å². The van der Waals surface area contributed by atoms with Crippen molar-refractivity contribution in [2.75, 3.05) is 16.4 Å². The van der Waals surface area contributed by atoms with Crippen LogP contribution in [0.5, 0.6) is 5.75 Å². The number of benzene rings is 4. The number of nitrogens with two attached hydrogens (primary N) is 1. The molecule has 1 heterocycles. The summed E-state index contributed by atoms with van der Waals surface area (Å²) < 4.78 is 167. The van der Waals surface area contributed by atoms with Gasteiger partial charge in [-0.3, -0.25) is 22.8 Å². The number of nitrogen functional groups attached to an aromatic ring is 1. The number of nitrogens with zero attached hydrogens (tertiary/aromatic N) is 5. The van der Waals surface area contributed by atoms with Crippen LogP contribution in [-0.2, 0) is 50.6 Å². The van der Waals surface area contributed by atoms with E-state index < -0.39 is 132 Å². The van der Waals surface area contributed by atoms with Gasteiger partial charge in [0.25, 0.3) is 50.6 Å². The van der Waals surface area contributed by atoms with E-state index in [0.29, 0.717) is 36.4 Å². The largest absolute Gasteiger partial charge is 0.507 e. The van der Waals surface area contributed by atoms with Crippen LogP contribution in [-0.4, -0.2) is 84.9 Å².